The number of benzene rings is 1. The maximum Gasteiger partial charge on any atom is 0.330 e. The fourth-order valence-electron chi connectivity index (χ4n) is 2.86. The maximum atomic E-state index is 12.8. The Kier molecular flexibility index (Phi) is 9.64. The van der Waals surface area contributed by atoms with Crippen LogP contribution in [0.1, 0.15) is 11.1 Å². The van der Waals surface area contributed by atoms with Crippen LogP contribution in [0.25, 0.3) is 6.08 Å². The van der Waals surface area contributed by atoms with Crippen LogP contribution in [0.5, 0.6) is 23.1 Å². The van der Waals surface area contributed by atoms with Crippen molar-refractivity contribution in [1.82, 2.24) is 4.98 Å². The average Bonchev–Trinajstić information content (AvgIpc) is 2.85. The Morgan fingerprint density at radius 2 is 1.60 bits per heavy atom. The third-order valence-electron chi connectivity index (χ3n) is 4.49. The standard InChI is InChI=1S/C23H26N2O9S/c1-30-16-11-19(31-2)17(20(12-16)32-3)8-9-35(28,29)14-15-10-18(23(34-5)24-13-15)25-21(26)6-7-22(27)33-4/h6-13H,14H2,1-5H3,(H,25,26)/b7-6+,9-8+. The van der Waals surface area contributed by atoms with Gasteiger partial charge in [0.05, 0.1) is 46.9 Å². The molecule has 35 heavy (non-hydrogen) atoms. The number of hydrogen-bond donors (Lipinski definition) is 1. The van der Waals surface area contributed by atoms with E-state index in [0.29, 0.717) is 22.8 Å². The number of nitrogens with one attached hydrogen (secondary N) is 1. The van der Waals surface area contributed by atoms with Crippen molar-refractivity contribution in [1.29, 1.82) is 0 Å². The number of pyridine rings is 1. The van der Waals surface area contributed by atoms with Crippen LogP contribution in [-0.2, 0) is 29.9 Å². The molecule has 12 heteroatoms. The second kappa shape index (κ2) is 12.4. The van der Waals surface area contributed by atoms with Gasteiger partial charge in [0.25, 0.3) is 0 Å². The van der Waals surface area contributed by atoms with Crippen LogP contribution in [0.3, 0.4) is 0 Å². The first kappa shape index (κ1) is 27.2. The van der Waals surface area contributed by atoms with Crippen molar-refractivity contribution < 1.29 is 41.7 Å². The molecule has 2 aromatic rings. The van der Waals surface area contributed by atoms with Crippen LogP contribution >= 0.6 is 0 Å². The van der Waals surface area contributed by atoms with Crippen molar-refractivity contribution >= 4 is 33.5 Å². The van der Waals surface area contributed by atoms with Crippen LogP contribution in [0, 0.1) is 0 Å². The average molecular weight is 507 g/mol. The molecule has 0 unspecified atom stereocenters. The quantitative estimate of drug-likeness (QED) is 0.357. The summed E-state index contributed by atoms with van der Waals surface area (Å²) in [4.78, 5) is 27.3. The molecule has 0 saturated carbocycles. The molecule has 1 N–H and O–H groups in total. The Morgan fingerprint density at radius 3 is 2.14 bits per heavy atom. The summed E-state index contributed by atoms with van der Waals surface area (Å²) in [6.45, 7) is 0. The Labute approximate surface area is 203 Å². The molecule has 2 rings (SSSR count). The number of aromatic nitrogens is 1. The van der Waals surface area contributed by atoms with Gasteiger partial charge in [0, 0.05) is 35.9 Å². The Balaban J connectivity index is 2.29. The molecular weight excluding hydrogens is 480 g/mol. The molecule has 0 radical (unpaired) electrons. The predicted molar refractivity (Wildman–Crippen MR) is 128 cm³/mol. The summed E-state index contributed by atoms with van der Waals surface area (Å²) in [6.07, 6.45) is 4.59. The molecule has 1 amide bonds. The highest BCUT2D eigenvalue weighted by molar-refractivity contribution is 7.93. The molecule has 0 aliphatic rings. The van der Waals surface area contributed by atoms with Crippen molar-refractivity contribution in [2.75, 3.05) is 40.9 Å². The van der Waals surface area contributed by atoms with Crippen LogP contribution in [0.4, 0.5) is 5.69 Å². The number of anilines is 1. The summed E-state index contributed by atoms with van der Waals surface area (Å²) in [5.41, 5.74) is 0.830. The van der Waals surface area contributed by atoms with E-state index in [1.807, 2.05) is 0 Å². The van der Waals surface area contributed by atoms with Gasteiger partial charge in [-0.25, -0.2) is 18.2 Å². The third kappa shape index (κ3) is 7.74. The fraction of sp³-hybridized carbons (Fsp3) is 0.261. The number of carbonyl (C=O) groups excluding carboxylic acids is 2. The van der Waals surface area contributed by atoms with E-state index >= 15 is 0 Å². The lowest BCUT2D eigenvalue weighted by molar-refractivity contribution is -0.135. The monoisotopic (exact) mass is 506 g/mol. The highest BCUT2D eigenvalue weighted by Crippen LogP contribution is 2.35. The highest BCUT2D eigenvalue weighted by atomic mass is 32.2. The van der Waals surface area contributed by atoms with Crippen LogP contribution in [0.2, 0.25) is 0 Å². The van der Waals surface area contributed by atoms with Gasteiger partial charge in [-0.2, -0.15) is 0 Å². The normalized spacial score (nSPS) is 11.3. The van der Waals surface area contributed by atoms with E-state index < -0.39 is 27.5 Å². The second-order valence-corrected chi connectivity index (χ2v) is 8.69. The van der Waals surface area contributed by atoms with Gasteiger partial charge in [0.15, 0.2) is 9.84 Å². The zero-order chi connectivity index (χ0) is 26.0. The van der Waals surface area contributed by atoms with Crippen molar-refractivity contribution in [2.45, 2.75) is 5.75 Å². The molecule has 188 valence electrons. The predicted octanol–water partition coefficient (Wildman–Crippen LogP) is 2.37. The van der Waals surface area contributed by atoms with E-state index in [1.54, 1.807) is 12.1 Å². The minimum absolute atomic E-state index is 0.0641. The summed E-state index contributed by atoms with van der Waals surface area (Å²) in [7, 11) is 3.12. The Hall–Kier alpha value is -4.06. The van der Waals surface area contributed by atoms with Crippen LogP contribution in [0.15, 0.2) is 42.0 Å². The van der Waals surface area contributed by atoms with Crippen molar-refractivity contribution in [3.63, 3.8) is 0 Å². The van der Waals surface area contributed by atoms with Gasteiger partial charge in [-0.15, -0.1) is 0 Å². The molecule has 0 aliphatic carbocycles. The lowest BCUT2D eigenvalue weighted by atomic mass is 10.1. The summed E-state index contributed by atoms with van der Waals surface area (Å²) >= 11 is 0. The smallest absolute Gasteiger partial charge is 0.330 e. The van der Waals surface area contributed by atoms with Gasteiger partial charge < -0.3 is 29.0 Å². The minimum atomic E-state index is -3.78. The molecule has 1 heterocycles. The first-order valence-corrected chi connectivity index (χ1v) is 11.7. The number of sulfone groups is 1. The first-order valence-electron chi connectivity index (χ1n) is 9.97. The Bertz CT molecular complexity index is 1210. The van der Waals surface area contributed by atoms with Crippen LogP contribution < -0.4 is 24.3 Å². The highest BCUT2D eigenvalue weighted by Gasteiger charge is 2.16. The summed E-state index contributed by atoms with van der Waals surface area (Å²) in [5, 5.41) is 3.52. The number of amides is 1. The Morgan fingerprint density at radius 1 is 0.943 bits per heavy atom. The number of carbonyl (C=O) groups is 2. The number of methoxy groups -OCH3 is 5. The molecule has 0 aliphatic heterocycles. The molecule has 0 fully saturated rings. The van der Waals surface area contributed by atoms with Gasteiger partial charge in [0.1, 0.15) is 22.9 Å². The SMILES string of the molecule is COC(=O)/C=C/C(=O)Nc1cc(CS(=O)(=O)/C=C/c2c(OC)cc(OC)cc2OC)cnc1OC. The molecule has 1 aromatic heterocycles. The molecule has 1 aromatic carbocycles. The van der Waals surface area contributed by atoms with Crippen molar-refractivity contribution in [3.8, 4) is 23.1 Å². The van der Waals surface area contributed by atoms with E-state index in [1.165, 1.54) is 53.9 Å². The van der Waals surface area contributed by atoms with Gasteiger partial charge in [-0.3, -0.25) is 4.79 Å². The van der Waals surface area contributed by atoms with Crippen molar-refractivity contribution in [3.05, 3.63) is 53.1 Å². The molecule has 0 spiro atoms. The largest absolute Gasteiger partial charge is 0.496 e. The number of nitrogens with zero attached hydrogens (tertiary/aromatic N) is 1. The van der Waals surface area contributed by atoms with Crippen molar-refractivity contribution in [2.24, 2.45) is 0 Å². The number of esters is 1. The van der Waals surface area contributed by atoms with Gasteiger partial charge >= 0.3 is 5.97 Å². The lowest BCUT2D eigenvalue weighted by Gasteiger charge is -2.12. The van der Waals surface area contributed by atoms with E-state index in [9.17, 15) is 18.0 Å². The zero-order valence-corrected chi connectivity index (χ0v) is 20.7. The molecule has 11 nitrogen and oxygen atoms in total. The number of hydrogen-bond acceptors (Lipinski definition) is 10. The number of rotatable bonds is 11. The van der Waals surface area contributed by atoms with E-state index in [0.717, 1.165) is 17.6 Å². The van der Waals surface area contributed by atoms with Gasteiger partial charge in [-0.05, 0) is 17.7 Å². The summed E-state index contributed by atoms with van der Waals surface area (Å²) in [5.74, 6) is -0.501. The second-order valence-electron chi connectivity index (χ2n) is 6.80. The van der Waals surface area contributed by atoms with E-state index in [-0.39, 0.29) is 17.1 Å². The van der Waals surface area contributed by atoms with Gasteiger partial charge in [0.2, 0.25) is 11.8 Å². The van der Waals surface area contributed by atoms with E-state index in [2.05, 4.69) is 15.0 Å². The topological polar surface area (TPSA) is 139 Å². The van der Waals surface area contributed by atoms with E-state index in [4.69, 9.17) is 18.9 Å². The lowest BCUT2D eigenvalue weighted by Crippen LogP contribution is -2.11. The molecule has 0 atom stereocenters. The molecular formula is C23H26N2O9S. The zero-order valence-electron chi connectivity index (χ0n) is 19.9. The molecule has 0 saturated heterocycles. The number of ether oxygens (including phenoxy) is 5. The van der Waals surface area contributed by atoms with Gasteiger partial charge in [-0.1, -0.05) is 0 Å². The molecule has 0 bridgehead atoms. The fourth-order valence-corrected chi connectivity index (χ4v) is 3.92. The summed E-state index contributed by atoms with van der Waals surface area (Å²) in [6, 6.07) is 4.62. The summed E-state index contributed by atoms with van der Waals surface area (Å²) < 4.78 is 51.0. The van der Waals surface area contributed by atoms with Crippen LogP contribution in [-0.4, -0.2) is 60.8 Å². The first-order chi connectivity index (χ1) is 16.7. The maximum absolute atomic E-state index is 12.8. The minimum Gasteiger partial charge on any atom is -0.496 e. The third-order valence-corrected chi connectivity index (χ3v) is 5.78.